The first-order chi connectivity index (χ1) is 7.77. The van der Waals surface area contributed by atoms with Crippen molar-refractivity contribution >= 4 is 0 Å². The number of fused-ring (bicyclic) bond motifs is 1. The van der Waals surface area contributed by atoms with Crippen LogP contribution >= 0.6 is 0 Å². The molecule has 2 atom stereocenters. The molecular weight excluding hydrogens is 198 g/mol. The standard InChI is InChI=1S/C13H27N3/c1-15(2)9-5-8-14-12-7-11-16-10-4-3-6-13(12)16/h12-14H,3-11H2,1-2H3. The maximum atomic E-state index is 3.77. The molecular formula is C13H27N3. The molecule has 2 saturated heterocycles. The number of piperidine rings is 1. The van der Waals surface area contributed by atoms with Gasteiger partial charge in [0.2, 0.25) is 0 Å². The van der Waals surface area contributed by atoms with Crippen LogP contribution in [0.4, 0.5) is 0 Å². The molecule has 0 saturated carbocycles. The Morgan fingerprint density at radius 1 is 1.19 bits per heavy atom. The molecule has 0 aromatic rings. The topological polar surface area (TPSA) is 18.5 Å². The van der Waals surface area contributed by atoms with E-state index in [4.69, 9.17) is 0 Å². The zero-order valence-electron chi connectivity index (χ0n) is 10.9. The van der Waals surface area contributed by atoms with Gasteiger partial charge in [0.15, 0.2) is 0 Å². The van der Waals surface area contributed by atoms with Gasteiger partial charge in [0.25, 0.3) is 0 Å². The van der Waals surface area contributed by atoms with E-state index >= 15 is 0 Å². The molecule has 3 heteroatoms. The molecule has 2 rings (SSSR count). The molecule has 2 unspecified atom stereocenters. The Balaban J connectivity index is 1.66. The van der Waals surface area contributed by atoms with Gasteiger partial charge < -0.3 is 10.2 Å². The second kappa shape index (κ2) is 5.99. The molecule has 0 spiro atoms. The van der Waals surface area contributed by atoms with Crippen LogP contribution in [0.3, 0.4) is 0 Å². The van der Waals surface area contributed by atoms with Crippen LogP contribution in [-0.4, -0.2) is 62.2 Å². The number of hydrogen-bond acceptors (Lipinski definition) is 3. The lowest BCUT2D eigenvalue weighted by Gasteiger charge is -2.32. The normalized spacial score (nSPS) is 30.9. The Bertz CT molecular complexity index is 205. The molecule has 2 aliphatic heterocycles. The Morgan fingerprint density at radius 2 is 2.06 bits per heavy atom. The summed E-state index contributed by atoms with van der Waals surface area (Å²) >= 11 is 0. The highest BCUT2D eigenvalue weighted by Gasteiger charge is 2.34. The van der Waals surface area contributed by atoms with Gasteiger partial charge in [-0.2, -0.15) is 0 Å². The third-order valence-corrected chi connectivity index (χ3v) is 4.04. The van der Waals surface area contributed by atoms with Crippen molar-refractivity contribution in [2.45, 2.75) is 44.2 Å². The van der Waals surface area contributed by atoms with Gasteiger partial charge in [-0.05, 0) is 59.4 Å². The summed E-state index contributed by atoms with van der Waals surface area (Å²) in [6.07, 6.45) is 6.93. The van der Waals surface area contributed by atoms with Crippen molar-refractivity contribution in [2.24, 2.45) is 0 Å². The Hall–Kier alpha value is -0.120. The maximum Gasteiger partial charge on any atom is 0.0249 e. The summed E-state index contributed by atoms with van der Waals surface area (Å²) in [6.45, 7) is 5.07. The quantitative estimate of drug-likeness (QED) is 0.708. The minimum atomic E-state index is 0.780. The first-order valence-electron chi connectivity index (χ1n) is 6.89. The van der Waals surface area contributed by atoms with Gasteiger partial charge in [-0.1, -0.05) is 6.42 Å². The van der Waals surface area contributed by atoms with E-state index in [-0.39, 0.29) is 0 Å². The molecule has 2 aliphatic rings. The van der Waals surface area contributed by atoms with Crippen LogP contribution in [0, 0.1) is 0 Å². The summed E-state index contributed by atoms with van der Waals surface area (Å²) < 4.78 is 0. The van der Waals surface area contributed by atoms with Crippen molar-refractivity contribution in [2.75, 3.05) is 40.3 Å². The lowest BCUT2D eigenvalue weighted by atomic mass is 9.99. The van der Waals surface area contributed by atoms with Crippen molar-refractivity contribution in [1.29, 1.82) is 0 Å². The molecule has 0 radical (unpaired) electrons. The van der Waals surface area contributed by atoms with E-state index in [2.05, 4.69) is 29.2 Å². The third kappa shape index (κ3) is 3.19. The fourth-order valence-electron chi connectivity index (χ4n) is 3.17. The molecule has 0 amide bonds. The summed E-state index contributed by atoms with van der Waals surface area (Å²) in [5, 5.41) is 3.77. The lowest BCUT2D eigenvalue weighted by Crippen LogP contribution is -2.45. The van der Waals surface area contributed by atoms with Gasteiger partial charge in [-0.25, -0.2) is 0 Å². The van der Waals surface area contributed by atoms with Gasteiger partial charge in [0.1, 0.15) is 0 Å². The summed E-state index contributed by atoms with van der Waals surface area (Å²) in [4.78, 5) is 4.97. The number of nitrogens with one attached hydrogen (secondary N) is 1. The summed E-state index contributed by atoms with van der Waals surface area (Å²) in [6, 6.07) is 1.63. The van der Waals surface area contributed by atoms with Gasteiger partial charge in [0.05, 0.1) is 0 Å². The SMILES string of the molecule is CN(C)CCCNC1CCN2CCCCC12. The summed E-state index contributed by atoms with van der Waals surface area (Å²) in [5.74, 6) is 0. The Morgan fingerprint density at radius 3 is 2.88 bits per heavy atom. The van der Waals surface area contributed by atoms with Crippen LogP contribution < -0.4 is 5.32 Å². The fourth-order valence-corrected chi connectivity index (χ4v) is 3.17. The van der Waals surface area contributed by atoms with Crippen molar-refractivity contribution < 1.29 is 0 Å². The predicted molar refractivity (Wildman–Crippen MR) is 68.8 cm³/mol. The zero-order valence-corrected chi connectivity index (χ0v) is 10.9. The smallest absolute Gasteiger partial charge is 0.0249 e. The molecule has 0 aromatic heterocycles. The molecule has 94 valence electrons. The molecule has 2 heterocycles. The highest BCUT2D eigenvalue weighted by atomic mass is 15.2. The van der Waals surface area contributed by atoms with E-state index in [1.165, 1.54) is 58.3 Å². The van der Waals surface area contributed by atoms with E-state index in [1.807, 2.05) is 0 Å². The molecule has 2 fully saturated rings. The van der Waals surface area contributed by atoms with Crippen molar-refractivity contribution in [3.63, 3.8) is 0 Å². The van der Waals surface area contributed by atoms with E-state index in [0.717, 1.165) is 12.1 Å². The molecule has 0 aliphatic carbocycles. The summed E-state index contributed by atoms with van der Waals surface area (Å²) in [5.41, 5.74) is 0. The minimum Gasteiger partial charge on any atom is -0.312 e. The first-order valence-corrected chi connectivity index (χ1v) is 6.89. The van der Waals surface area contributed by atoms with Crippen LogP contribution in [0.25, 0.3) is 0 Å². The van der Waals surface area contributed by atoms with Gasteiger partial charge in [-0.15, -0.1) is 0 Å². The van der Waals surface area contributed by atoms with Gasteiger partial charge >= 0.3 is 0 Å². The highest BCUT2D eigenvalue weighted by Crippen LogP contribution is 2.26. The van der Waals surface area contributed by atoms with Crippen LogP contribution in [0.5, 0.6) is 0 Å². The average Bonchev–Trinajstić information content (AvgIpc) is 2.68. The minimum absolute atomic E-state index is 0.780. The summed E-state index contributed by atoms with van der Waals surface area (Å²) in [7, 11) is 4.30. The predicted octanol–water partition coefficient (Wildman–Crippen LogP) is 1.15. The van der Waals surface area contributed by atoms with E-state index in [0.29, 0.717) is 0 Å². The number of hydrogen-bond donors (Lipinski definition) is 1. The molecule has 3 nitrogen and oxygen atoms in total. The average molecular weight is 225 g/mol. The van der Waals surface area contributed by atoms with Crippen LogP contribution in [0.15, 0.2) is 0 Å². The largest absolute Gasteiger partial charge is 0.312 e. The van der Waals surface area contributed by atoms with Crippen LogP contribution in [-0.2, 0) is 0 Å². The molecule has 1 N–H and O–H groups in total. The Kier molecular flexibility index (Phi) is 4.62. The number of rotatable bonds is 5. The van der Waals surface area contributed by atoms with E-state index in [1.54, 1.807) is 0 Å². The van der Waals surface area contributed by atoms with Crippen molar-refractivity contribution in [1.82, 2.24) is 15.1 Å². The Labute approximate surface area is 100 Å². The number of nitrogens with zero attached hydrogens (tertiary/aromatic N) is 2. The highest BCUT2D eigenvalue weighted by molar-refractivity contribution is 4.93. The van der Waals surface area contributed by atoms with E-state index < -0.39 is 0 Å². The fraction of sp³-hybridized carbons (Fsp3) is 1.00. The van der Waals surface area contributed by atoms with Gasteiger partial charge in [0, 0.05) is 18.6 Å². The maximum absolute atomic E-state index is 3.77. The monoisotopic (exact) mass is 225 g/mol. The second-order valence-electron chi connectivity index (χ2n) is 5.61. The van der Waals surface area contributed by atoms with Crippen LogP contribution in [0.1, 0.15) is 32.1 Å². The van der Waals surface area contributed by atoms with Gasteiger partial charge in [-0.3, -0.25) is 4.90 Å². The zero-order chi connectivity index (χ0) is 11.4. The molecule has 0 aromatic carbocycles. The molecule has 16 heavy (non-hydrogen) atoms. The first kappa shape index (κ1) is 12.3. The van der Waals surface area contributed by atoms with E-state index in [9.17, 15) is 0 Å². The third-order valence-electron chi connectivity index (χ3n) is 4.04. The lowest BCUT2D eigenvalue weighted by molar-refractivity contribution is 0.180. The van der Waals surface area contributed by atoms with Crippen molar-refractivity contribution in [3.8, 4) is 0 Å². The van der Waals surface area contributed by atoms with Crippen molar-refractivity contribution in [3.05, 3.63) is 0 Å². The second-order valence-corrected chi connectivity index (χ2v) is 5.61. The van der Waals surface area contributed by atoms with Crippen LogP contribution in [0.2, 0.25) is 0 Å². The molecule has 0 bridgehead atoms.